The van der Waals surface area contributed by atoms with Crippen molar-refractivity contribution in [2.75, 3.05) is 0 Å². The monoisotopic (exact) mass is 312 g/mol. The Morgan fingerprint density at radius 1 is 1.47 bits per heavy atom. The fourth-order valence-corrected chi connectivity index (χ4v) is 2.39. The number of benzene rings is 1. The molecule has 17 heavy (non-hydrogen) atoms. The molecule has 0 saturated carbocycles. The molecule has 1 aromatic heterocycles. The maximum atomic E-state index is 5.73. The Hall–Kier alpha value is -0.910. The molecule has 0 aliphatic rings. The first-order chi connectivity index (χ1) is 8.19. The minimum absolute atomic E-state index is 0.480. The molecule has 1 aromatic carbocycles. The minimum atomic E-state index is 0.480. The Balaban J connectivity index is 2.04. The fraction of sp³-hybridized carbons (Fsp3) is 0.250. The summed E-state index contributed by atoms with van der Waals surface area (Å²) in [5.41, 5.74) is 7.55. The van der Waals surface area contributed by atoms with Crippen molar-refractivity contribution in [1.29, 1.82) is 0 Å². The van der Waals surface area contributed by atoms with Crippen molar-refractivity contribution in [3.63, 3.8) is 0 Å². The number of ether oxygens (including phenoxy) is 1. The number of aryl methyl sites for hydroxylation is 1. The maximum Gasteiger partial charge on any atom is 0.131 e. The summed E-state index contributed by atoms with van der Waals surface area (Å²) in [5, 5.41) is 2.92. The Kier molecular flexibility index (Phi) is 4.15. The van der Waals surface area contributed by atoms with Crippen molar-refractivity contribution in [2.45, 2.75) is 20.1 Å². The molecule has 5 heteroatoms. The van der Waals surface area contributed by atoms with Crippen LogP contribution in [0.3, 0.4) is 0 Å². The normalized spacial score (nSPS) is 10.5. The molecule has 90 valence electrons. The quantitative estimate of drug-likeness (QED) is 0.942. The molecule has 0 amide bonds. The van der Waals surface area contributed by atoms with Gasteiger partial charge in [0.25, 0.3) is 0 Å². The highest BCUT2D eigenvalue weighted by Crippen LogP contribution is 2.24. The molecule has 1 heterocycles. The highest BCUT2D eigenvalue weighted by Gasteiger charge is 2.04. The molecule has 0 fully saturated rings. The van der Waals surface area contributed by atoms with Crippen molar-refractivity contribution in [1.82, 2.24) is 4.98 Å². The van der Waals surface area contributed by atoms with Gasteiger partial charge in [-0.15, -0.1) is 11.3 Å². The second-order valence-electron chi connectivity index (χ2n) is 3.64. The van der Waals surface area contributed by atoms with Crippen LogP contribution in [0.2, 0.25) is 0 Å². The molecule has 0 aliphatic heterocycles. The van der Waals surface area contributed by atoms with E-state index in [-0.39, 0.29) is 0 Å². The first-order valence-electron chi connectivity index (χ1n) is 5.21. The summed E-state index contributed by atoms with van der Waals surface area (Å²) in [5.74, 6) is 0.877. The van der Waals surface area contributed by atoms with Gasteiger partial charge >= 0.3 is 0 Å². The van der Waals surface area contributed by atoms with Crippen molar-refractivity contribution < 1.29 is 4.74 Å². The van der Waals surface area contributed by atoms with Gasteiger partial charge in [0.1, 0.15) is 17.4 Å². The predicted molar refractivity (Wildman–Crippen MR) is 73.2 cm³/mol. The van der Waals surface area contributed by atoms with Crippen LogP contribution in [0.1, 0.15) is 16.3 Å². The molecule has 0 bridgehead atoms. The van der Waals surface area contributed by atoms with Gasteiger partial charge in [-0.1, -0.05) is 22.0 Å². The zero-order chi connectivity index (χ0) is 12.3. The summed E-state index contributed by atoms with van der Waals surface area (Å²) in [7, 11) is 0. The third kappa shape index (κ3) is 3.28. The molecule has 0 radical (unpaired) electrons. The lowest BCUT2D eigenvalue weighted by atomic mass is 10.2. The van der Waals surface area contributed by atoms with E-state index in [0.29, 0.717) is 13.2 Å². The lowest BCUT2D eigenvalue weighted by Gasteiger charge is -2.07. The number of nitrogens with two attached hydrogens (primary N) is 1. The summed E-state index contributed by atoms with van der Waals surface area (Å²) in [6, 6.07) is 5.98. The van der Waals surface area contributed by atoms with Crippen LogP contribution in [0, 0.1) is 6.92 Å². The van der Waals surface area contributed by atoms with Crippen LogP contribution in [-0.4, -0.2) is 4.98 Å². The fourth-order valence-electron chi connectivity index (χ4n) is 1.39. The van der Waals surface area contributed by atoms with Gasteiger partial charge in [-0.2, -0.15) is 0 Å². The van der Waals surface area contributed by atoms with Crippen molar-refractivity contribution in [3.8, 4) is 5.75 Å². The first kappa shape index (κ1) is 12.5. The van der Waals surface area contributed by atoms with E-state index in [1.807, 2.05) is 30.5 Å². The van der Waals surface area contributed by atoms with E-state index in [2.05, 4.69) is 20.9 Å². The highest BCUT2D eigenvalue weighted by molar-refractivity contribution is 9.10. The first-order valence-corrected chi connectivity index (χ1v) is 6.88. The maximum absolute atomic E-state index is 5.73. The van der Waals surface area contributed by atoms with Crippen LogP contribution in [0.4, 0.5) is 0 Å². The van der Waals surface area contributed by atoms with Gasteiger partial charge in [-0.05, 0) is 24.6 Å². The molecular weight excluding hydrogens is 300 g/mol. The number of hydrogen-bond acceptors (Lipinski definition) is 4. The molecular formula is C12H13BrN2OS. The van der Waals surface area contributed by atoms with Crippen molar-refractivity contribution in [3.05, 3.63) is 44.3 Å². The standard InChI is InChI=1S/C12H13BrN2OS/c1-8-2-3-9(13)4-11(8)16-6-10-7-17-12(5-14)15-10/h2-4,7H,5-6,14H2,1H3. The molecule has 3 nitrogen and oxygen atoms in total. The van der Waals surface area contributed by atoms with Gasteiger partial charge in [-0.3, -0.25) is 0 Å². The third-order valence-electron chi connectivity index (χ3n) is 2.30. The second kappa shape index (κ2) is 5.62. The SMILES string of the molecule is Cc1ccc(Br)cc1OCc1csc(CN)n1. The van der Waals surface area contributed by atoms with Crippen LogP contribution in [0.5, 0.6) is 5.75 Å². The smallest absolute Gasteiger partial charge is 0.131 e. The van der Waals surface area contributed by atoms with Crippen molar-refractivity contribution >= 4 is 27.3 Å². The molecule has 2 aromatic rings. The van der Waals surface area contributed by atoms with Gasteiger partial charge in [0.2, 0.25) is 0 Å². The molecule has 0 aliphatic carbocycles. The molecule has 0 unspecified atom stereocenters. The number of aromatic nitrogens is 1. The Morgan fingerprint density at radius 3 is 3.00 bits per heavy atom. The number of nitrogens with zero attached hydrogens (tertiary/aromatic N) is 1. The zero-order valence-corrected chi connectivity index (χ0v) is 11.8. The average molecular weight is 313 g/mol. The molecule has 2 rings (SSSR count). The van der Waals surface area contributed by atoms with E-state index in [4.69, 9.17) is 10.5 Å². The number of thiazole rings is 1. The molecule has 0 saturated heterocycles. The van der Waals surface area contributed by atoms with Crippen LogP contribution in [-0.2, 0) is 13.2 Å². The van der Waals surface area contributed by atoms with E-state index in [1.165, 1.54) is 0 Å². The topological polar surface area (TPSA) is 48.1 Å². The van der Waals surface area contributed by atoms with E-state index < -0.39 is 0 Å². The summed E-state index contributed by atoms with van der Waals surface area (Å²) in [6.07, 6.45) is 0. The minimum Gasteiger partial charge on any atom is -0.487 e. The summed E-state index contributed by atoms with van der Waals surface area (Å²) >= 11 is 4.99. The molecule has 0 spiro atoms. The van der Waals surface area contributed by atoms with E-state index in [1.54, 1.807) is 11.3 Å². The molecule has 0 atom stereocenters. The number of halogens is 1. The third-order valence-corrected chi connectivity index (χ3v) is 3.71. The van der Waals surface area contributed by atoms with E-state index in [0.717, 1.165) is 26.5 Å². The number of hydrogen-bond donors (Lipinski definition) is 1. The van der Waals surface area contributed by atoms with Crippen LogP contribution >= 0.6 is 27.3 Å². The van der Waals surface area contributed by atoms with Gasteiger partial charge in [0.05, 0.1) is 5.69 Å². The zero-order valence-electron chi connectivity index (χ0n) is 9.44. The van der Waals surface area contributed by atoms with Crippen LogP contribution in [0.15, 0.2) is 28.1 Å². The Bertz CT molecular complexity index is 513. The predicted octanol–water partition coefficient (Wildman–Crippen LogP) is 3.25. The lowest BCUT2D eigenvalue weighted by molar-refractivity contribution is 0.299. The van der Waals surface area contributed by atoms with Crippen LogP contribution < -0.4 is 10.5 Å². The summed E-state index contributed by atoms with van der Waals surface area (Å²) in [6.45, 7) is 2.99. The number of rotatable bonds is 4. The highest BCUT2D eigenvalue weighted by atomic mass is 79.9. The van der Waals surface area contributed by atoms with E-state index >= 15 is 0 Å². The Labute approximate surface area is 113 Å². The second-order valence-corrected chi connectivity index (χ2v) is 5.49. The summed E-state index contributed by atoms with van der Waals surface area (Å²) in [4.78, 5) is 4.35. The lowest BCUT2D eigenvalue weighted by Crippen LogP contribution is -1.99. The largest absolute Gasteiger partial charge is 0.487 e. The average Bonchev–Trinajstić information content (AvgIpc) is 2.78. The Morgan fingerprint density at radius 2 is 2.29 bits per heavy atom. The van der Waals surface area contributed by atoms with Gasteiger partial charge in [0, 0.05) is 16.4 Å². The van der Waals surface area contributed by atoms with Gasteiger partial charge in [0.15, 0.2) is 0 Å². The van der Waals surface area contributed by atoms with Crippen molar-refractivity contribution in [2.24, 2.45) is 5.73 Å². The van der Waals surface area contributed by atoms with Gasteiger partial charge in [-0.25, -0.2) is 4.98 Å². The summed E-state index contributed by atoms with van der Waals surface area (Å²) < 4.78 is 6.75. The van der Waals surface area contributed by atoms with Crippen LogP contribution in [0.25, 0.3) is 0 Å². The van der Waals surface area contributed by atoms with Gasteiger partial charge < -0.3 is 10.5 Å². The van der Waals surface area contributed by atoms with E-state index in [9.17, 15) is 0 Å². The molecule has 2 N–H and O–H groups in total.